The molecule has 0 aliphatic carbocycles. The van der Waals surface area contributed by atoms with Crippen molar-refractivity contribution in [3.63, 3.8) is 0 Å². The van der Waals surface area contributed by atoms with Crippen LogP contribution in [0.15, 0.2) is 48.7 Å². The monoisotopic (exact) mass is 251 g/mol. The van der Waals surface area contributed by atoms with E-state index in [1.807, 2.05) is 37.0 Å². The summed E-state index contributed by atoms with van der Waals surface area (Å²) in [5.74, 6) is 0. The number of rotatable bonds is 2. The molecular formula is C16H17N3. The van der Waals surface area contributed by atoms with Crippen LogP contribution in [0.1, 0.15) is 22.9 Å². The number of aromatic nitrogens is 2. The molecular weight excluding hydrogens is 234 g/mol. The van der Waals surface area contributed by atoms with Crippen LogP contribution >= 0.6 is 0 Å². The second-order valence-corrected chi connectivity index (χ2v) is 4.89. The Hall–Kier alpha value is -2.13. The van der Waals surface area contributed by atoms with Crippen molar-refractivity contribution in [1.29, 1.82) is 0 Å². The summed E-state index contributed by atoms with van der Waals surface area (Å²) < 4.78 is 1.86. The normalized spacial score (nSPS) is 12.8. The van der Waals surface area contributed by atoms with Gasteiger partial charge in [-0.1, -0.05) is 36.4 Å². The minimum absolute atomic E-state index is 0.127. The molecule has 96 valence electrons. The first-order valence-corrected chi connectivity index (χ1v) is 6.39. The van der Waals surface area contributed by atoms with Gasteiger partial charge in [-0.3, -0.25) is 4.68 Å². The van der Waals surface area contributed by atoms with E-state index in [0.29, 0.717) is 0 Å². The Morgan fingerprint density at radius 3 is 2.53 bits per heavy atom. The number of fused-ring (bicyclic) bond motifs is 1. The molecule has 3 nitrogen and oxygen atoms in total. The molecule has 0 radical (unpaired) electrons. The predicted molar refractivity (Wildman–Crippen MR) is 77.9 cm³/mol. The second-order valence-electron chi connectivity index (χ2n) is 4.89. The Bertz CT molecular complexity index is 728. The van der Waals surface area contributed by atoms with Gasteiger partial charge in [-0.2, -0.15) is 5.10 Å². The van der Waals surface area contributed by atoms with Crippen molar-refractivity contribution < 1.29 is 0 Å². The average Bonchev–Trinajstić information content (AvgIpc) is 2.78. The number of nitrogens with two attached hydrogens (primary N) is 1. The molecule has 3 rings (SSSR count). The molecule has 0 aliphatic heterocycles. The van der Waals surface area contributed by atoms with E-state index in [2.05, 4.69) is 35.4 Å². The van der Waals surface area contributed by atoms with E-state index in [1.54, 1.807) is 0 Å². The predicted octanol–water partition coefficient (Wildman–Crippen LogP) is 2.93. The molecule has 0 saturated carbocycles. The largest absolute Gasteiger partial charge is 0.320 e. The van der Waals surface area contributed by atoms with Crippen LogP contribution in [0.5, 0.6) is 0 Å². The van der Waals surface area contributed by atoms with Gasteiger partial charge in [-0.15, -0.1) is 0 Å². The molecule has 0 saturated heterocycles. The fourth-order valence-electron chi connectivity index (χ4n) is 2.40. The summed E-state index contributed by atoms with van der Waals surface area (Å²) >= 11 is 0. The highest BCUT2D eigenvalue weighted by Crippen LogP contribution is 2.25. The summed E-state index contributed by atoms with van der Waals surface area (Å²) in [5, 5.41) is 6.72. The van der Waals surface area contributed by atoms with E-state index < -0.39 is 0 Å². The van der Waals surface area contributed by atoms with Gasteiger partial charge in [-0.05, 0) is 29.3 Å². The molecule has 1 aromatic heterocycles. The zero-order chi connectivity index (χ0) is 13.4. The lowest BCUT2D eigenvalue weighted by Gasteiger charge is -2.12. The topological polar surface area (TPSA) is 43.8 Å². The lowest BCUT2D eigenvalue weighted by Crippen LogP contribution is -2.12. The Balaban J connectivity index is 2.06. The maximum absolute atomic E-state index is 6.37. The van der Waals surface area contributed by atoms with Crippen LogP contribution in [0.25, 0.3) is 10.8 Å². The molecule has 1 atom stereocenters. The van der Waals surface area contributed by atoms with Gasteiger partial charge in [0, 0.05) is 18.3 Å². The summed E-state index contributed by atoms with van der Waals surface area (Å²) in [4.78, 5) is 0. The first-order chi connectivity index (χ1) is 9.16. The van der Waals surface area contributed by atoms with Crippen LogP contribution in [-0.2, 0) is 7.05 Å². The van der Waals surface area contributed by atoms with E-state index in [-0.39, 0.29) is 6.04 Å². The van der Waals surface area contributed by atoms with E-state index in [4.69, 9.17) is 5.73 Å². The molecule has 2 N–H and O–H groups in total. The van der Waals surface area contributed by atoms with Gasteiger partial charge in [0.15, 0.2) is 0 Å². The Morgan fingerprint density at radius 1 is 1.11 bits per heavy atom. The van der Waals surface area contributed by atoms with Crippen LogP contribution in [0.2, 0.25) is 0 Å². The smallest absolute Gasteiger partial charge is 0.0585 e. The molecule has 0 aliphatic rings. The molecule has 19 heavy (non-hydrogen) atoms. The van der Waals surface area contributed by atoms with E-state index in [1.165, 1.54) is 10.8 Å². The highest BCUT2D eigenvalue weighted by molar-refractivity contribution is 5.83. The Labute approximate surface area is 112 Å². The third kappa shape index (κ3) is 2.02. The molecule has 0 bridgehead atoms. The van der Waals surface area contributed by atoms with Crippen molar-refractivity contribution in [1.82, 2.24) is 9.78 Å². The first kappa shape index (κ1) is 11.9. The summed E-state index contributed by atoms with van der Waals surface area (Å²) in [6.45, 7) is 2.04. The van der Waals surface area contributed by atoms with Crippen LogP contribution in [-0.4, -0.2) is 9.78 Å². The van der Waals surface area contributed by atoms with Crippen molar-refractivity contribution in [3.05, 3.63) is 65.5 Å². The minimum Gasteiger partial charge on any atom is -0.320 e. The van der Waals surface area contributed by atoms with Crippen molar-refractivity contribution in [3.8, 4) is 0 Å². The van der Waals surface area contributed by atoms with Gasteiger partial charge in [-0.25, -0.2) is 0 Å². The number of hydrogen-bond acceptors (Lipinski definition) is 2. The quantitative estimate of drug-likeness (QED) is 0.761. The van der Waals surface area contributed by atoms with Gasteiger partial charge in [0.25, 0.3) is 0 Å². The summed E-state index contributed by atoms with van der Waals surface area (Å²) in [7, 11) is 1.94. The molecule has 0 spiro atoms. The number of hydrogen-bond donors (Lipinski definition) is 1. The van der Waals surface area contributed by atoms with Gasteiger partial charge in [0.2, 0.25) is 0 Å². The van der Waals surface area contributed by atoms with E-state index in [9.17, 15) is 0 Å². The summed E-state index contributed by atoms with van der Waals surface area (Å²) in [5.41, 5.74) is 9.68. The van der Waals surface area contributed by atoms with E-state index in [0.717, 1.165) is 16.8 Å². The Morgan fingerprint density at radius 2 is 1.84 bits per heavy atom. The maximum Gasteiger partial charge on any atom is 0.0585 e. The van der Waals surface area contributed by atoms with Crippen LogP contribution in [0.3, 0.4) is 0 Å². The maximum atomic E-state index is 6.37. The van der Waals surface area contributed by atoms with Crippen LogP contribution in [0.4, 0.5) is 0 Å². The minimum atomic E-state index is -0.127. The number of benzene rings is 2. The molecule has 1 unspecified atom stereocenters. The van der Waals surface area contributed by atoms with Gasteiger partial charge < -0.3 is 5.73 Å². The van der Waals surface area contributed by atoms with Crippen LogP contribution in [0, 0.1) is 6.92 Å². The summed E-state index contributed by atoms with van der Waals surface area (Å²) in [6, 6.07) is 14.6. The molecule has 3 aromatic rings. The average molecular weight is 251 g/mol. The zero-order valence-electron chi connectivity index (χ0n) is 11.2. The Kier molecular flexibility index (Phi) is 2.84. The van der Waals surface area contributed by atoms with Crippen molar-refractivity contribution in [2.75, 3.05) is 0 Å². The highest BCUT2D eigenvalue weighted by Gasteiger charge is 2.14. The van der Waals surface area contributed by atoms with Crippen molar-refractivity contribution >= 4 is 10.8 Å². The van der Waals surface area contributed by atoms with Crippen molar-refractivity contribution in [2.24, 2.45) is 12.8 Å². The molecule has 0 amide bonds. The molecule has 1 heterocycles. The standard InChI is InChI=1S/C16H17N3/c1-11-15(10-18-19(11)2)16(17)14-8-7-12-5-3-4-6-13(12)9-14/h3-10,16H,17H2,1-2H3. The van der Waals surface area contributed by atoms with Crippen LogP contribution < -0.4 is 5.73 Å². The summed E-state index contributed by atoms with van der Waals surface area (Å²) in [6.07, 6.45) is 1.86. The first-order valence-electron chi connectivity index (χ1n) is 6.39. The zero-order valence-corrected chi connectivity index (χ0v) is 11.2. The lowest BCUT2D eigenvalue weighted by molar-refractivity contribution is 0.734. The molecule has 0 fully saturated rings. The third-order valence-corrected chi connectivity index (χ3v) is 3.74. The number of nitrogens with zero attached hydrogens (tertiary/aromatic N) is 2. The number of aryl methyl sites for hydroxylation is 1. The van der Waals surface area contributed by atoms with Gasteiger partial charge >= 0.3 is 0 Å². The fourth-order valence-corrected chi connectivity index (χ4v) is 2.40. The van der Waals surface area contributed by atoms with Gasteiger partial charge in [0.1, 0.15) is 0 Å². The molecule has 3 heteroatoms. The highest BCUT2D eigenvalue weighted by atomic mass is 15.3. The van der Waals surface area contributed by atoms with Gasteiger partial charge in [0.05, 0.1) is 12.2 Å². The lowest BCUT2D eigenvalue weighted by atomic mass is 9.97. The van der Waals surface area contributed by atoms with Crippen molar-refractivity contribution in [2.45, 2.75) is 13.0 Å². The van der Waals surface area contributed by atoms with E-state index >= 15 is 0 Å². The fraction of sp³-hybridized carbons (Fsp3) is 0.188. The second kappa shape index (κ2) is 4.52. The SMILES string of the molecule is Cc1c(C(N)c2ccc3ccccc3c2)cnn1C. The third-order valence-electron chi connectivity index (χ3n) is 3.74. The molecule has 2 aromatic carbocycles.